The Labute approximate surface area is 131 Å². The highest BCUT2D eigenvalue weighted by molar-refractivity contribution is 6.35. The molecular formula is C13H13Cl2N5O. The summed E-state index contributed by atoms with van der Waals surface area (Å²) in [6.07, 6.45) is 3.82. The Bertz CT molecular complexity index is 668. The van der Waals surface area contributed by atoms with Gasteiger partial charge >= 0.3 is 0 Å². The number of tetrazole rings is 1. The monoisotopic (exact) mass is 325 g/mol. The van der Waals surface area contributed by atoms with Crippen molar-refractivity contribution in [2.75, 3.05) is 5.32 Å². The molecule has 21 heavy (non-hydrogen) atoms. The summed E-state index contributed by atoms with van der Waals surface area (Å²) in [5, 5.41) is 15.1. The maximum absolute atomic E-state index is 11.7. The molecule has 0 aliphatic heterocycles. The normalized spacial score (nSPS) is 11.0. The van der Waals surface area contributed by atoms with Crippen LogP contribution >= 0.6 is 23.2 Å². The van der Waals surface area contributed by atoms with Crippen LogP contribution in [0.3, 0.4) is 0 Å². The first-order valence-electron chi connectivity index (χ1n) is 6.30. The largest absolute Gasteiger partial charge is 0.288 e. The summed E-state index contributed by atoms with van der Waals surface area (Å²) in [6, 6.07) is 5.03. The zero-order valence-electron chi connectivity index (χ0n) is 11.3. The number of nitrogens with one attached hydrogen (secondary N) is 1. The topological polar surface area (TPSA) is 72.7 Å². The lowest BCUT2D eigenvalue weighted by atomic mass is 10.2. The molecule has 0 unspecified atom stereocenters. The molecule has 0 saturated heterocycles. The van der Waals surface area contributed by atoms with E-state index in [-0.39, 0.29) is 11.9 Å². The second-order valence-electron chi connectivity index (χ2n) is 4.20. The van der Waals surface area contributed by atoms with Crippen molar-refractivity contribution in [3.63, 3.8) is 0 Å². The minimum atomic E-state index is -0.364. The number of halogens is 2. The minimum absolute atomic E-state index is 0.167. The van der Waals surface area contributed by atoms with Crippen molar-refractivity contribution >= 4 is 41.1 Å². The van der Waals surface area contributed by atoms with E-state index in [2.05, 4.69) is 20.7 Å². The van der Waals surface area contributed by atoms with Gasteiger partial charge in [-0.2, -0.15) is 4.80 Å². The third-order valence-corrected chi connectivity index (χ3v) is 3.05. The fraction of sp³-hybridized carbons (Fsp3) is 0.231. The van der Waals surface area contributed by atoms with Crippen LogP contribution in [-0.2, 0) is 11.3 Å². The van der Waals surface area contributed by atoms with Gasteiger partial charge in [0, 0.05) is 16.1 Å². The molecular weight excluding hydrogens is 313 g/mol. The van der Waals surface area contributed by atoms with Crippen LogP contribution < -0.4 is 5.32 Å². The molecule has 0 aliphatic rings. The SMILES string of the molecule is CCCn1nnc(NC(=O)C=Cc2ccc(Cl)cc2Cl)n1. The number of amides is 1. The Hall–Kier alpha value is -1.92. The van der Waals surface area contributed by atoms with E-state index >= 15 is 0 Å². The molecule has 0 saturated carbocycles. The molecule has 1 aromatic heterocycles. The number of hydrogen-bond donors (Lipinski definition) is 1. The van der Waals surface area contributed by atoms with Gasteiger partial charge in [0.15, 0.2) is 0 Å². The molecule has 2 aromatic rings. The molecule has 110 valence electrons. The number of nitrogens with zero attached hydrogens (tertiary/aromatic N) is 4. The van der Waals surface area contributed by atoms with Crippen molar-refractivity contribution in [3.05, 3.63) is 39.9 Å². The summed E-state index contributed by atoms with van der Waals surface area (Å²) < 4.78 is 0. The first kappa shape index (κ1) is 15.5. The Balaban J connectivity index is 1.98. The second kappa shape index (κ2) is 7.19. The zero-order chi connectivity index (χ0) is 15.2. The second-order valence-corrected chi connectivity index (χ2v) is 5.04. The van der Waals surface area contributed by atoms with Crippen molar-refractivity contribution in [1.82, 2.24) is 20.2 Å². The maximum Gasteiger partial charge on any atom is 0.270 e. The lowest BCUT2D eigenvalue weighted by molar-refractivity contribution is -0.111. The smallest absolute Gasteiger partial charge is 0.270 e. The average molecular weight is 326 g/mol. The van der Waals surface area contributed by atoms with E-state index in [1.165, 1.54) is 10.9 Å². The fourth-order valence-corrected chi connectivity index (χ4v) is 2.01. The Kier molecular flexibility index (Phi) is 5.30. The van der Waals surface area contributed by atoms with Crippen molar-refractivity contribution in [3.8, 4) is 0 Å². The fourth-order valence-electron chi connectivity index (χ4n) is 1.54. The van der Waals surface area contributed by atoms with Gasteiger partial charge in [-0.15, -0.1) is 5.10 Å². The summed E-state index contributed by atoms with van der Waals surface area (Å²) >= 11 is 11.8. The van der Waals surface area contributed by atoms with Gasteiger partial charge in [0.05, 0.1) is 6.54 Å². The zero-order valence-corrected chi connectivity index (χ0v) is 12.8. The third-order valence-electron chi connectivity index (χ3n) is 2.49. The molecule has 8 heteroatoms. The summed E-state index contributed by atoms with van der Waals surface area (Å²) in [6.45, 7) is 2.65. The maximum atomic E-state index is 11.7. The predicted molar refractivity (Wildman–Crippen MR) is 82.2 cm³/mol. The van der Waals surface area contributed by atoms with Crippen LogP contribution in [0, 0.1) is 0 Å². The number of anilines is 1. The van der Waals surface area contributed by atoms with E-state index in [0.29, 0.717) is 22.2 Å². The van der Waals surface area contributed by atoms with Crippen molar-refractivity contribution in [1.29, 1.82) is 0 Å². The van der Waals surface area contributed by atoms with Crippen molar-refractivity contribution in [2.24, 2.45) is 0 Å². The molecule has 1 amide bonds. The number of hydrogen-bond acceptors (Lipinski definition) is 4. The van der Waals surface area contributed by atoms with Gasteiger partial charge < -0.3 is 0 Å². The van der Waals surface area contributed by atoms with E-state index in [4.69, 9.17) is 23.2 Å². The van der Waals surface area contributed by atoms with Crippen LogP contribution in [-0.4, -0.2) is 26.1 Å². The van der Waals surface area contributed by atoms with Gasteiger partial charge in [-0.25, -0.2) is 0 Å². The van der Waals surface area contributed by atoms with Gasteiger partial charge in [-0.1, -0.05) is 41.3 Å². The van der Waals surface area contributed by atoms with Crippen LogP contribution in [0.1, 0.15) is 18.9 Å². The van der Waals surface area contributed by atoms with Crippen molar-refractivity contribution in [2.45, 2.75) is 19.9 Å². The summed E-state index contributed by atoms with van der Waals surface area (Å²) in [4.78, 5) is 13.2. The van der Waals surface area contributed by atoms with E-state index in [1.54, 1.807) is 24.3 Å². The van der Waals surface area contributed by atoms with Crippen LogP contribution in [0.5, 0.6) is 0 Å². The predicted octanol–water partition coefficient (Wildman–Crippen LogP) is 3.04. The first-order valence-corrected chi connectivity index (χ1v) is 7.06. The molecule has 0 aliphatic carbocycles. The van der Waals surface area contributed by atoms with Crippen molar-refractivity contribution < 1.29 is 4.79 Å². The van der Waals surface area contributed by atoms with Crippen LogP contribution in [0.2, 0.25) is 10.0 Å². The Morgan fingerprint density at radius 1 is 1.43 bits per heavy atom. The van der Waals surface area contributed by atoms with E-state index in [9.17, 15) is 4.79 Å². The molecule has 2 rings (SSSR count). The molecule has 0 fully saturated rings. The molecule has 0 radical (unpaired) electrons. The highest BCUT2D eigenvalue weighted by Gasteiger charge is 2.05. The number of carbonyl (C=O) groups is 1. The number of benzene rings is 1. The van der Waals surface area contributed by atoms with Crippen LogP contribution in [0.4, 0.5) is 5.95 Å². The number of rotatable bonds is 5. The lowest BCUT2D eigenvalue weighted by Gasteiger charge is -1.98. The minimum Gasteiger partial charge on any atom is -0.288 e. The first-order chi connectivity index (χ1) is 10.1. The Morgan fingerprint density at radius 3 is 2.95 bits per heavy atom. The molecule has 0 bridgehead atoms. The Morgan fingerprint density at radius 2 is 2.24 bits per heavy atom. The molecule has 1 heterocycles. The average Bonchev–Trinajstić information content (AvgIpc) is 2.85. The quantitative estimate of drug-likeness (QED) is 0.857. The van der Waals surface area contributed by atoms with Crippen LogP contribution in [0.25, 0.3) is 6.08 Å². The molecule has 0 spiro atoms. The van der Waals surface area contributed by atoms with E-state index in [0.717, 1.165) is 6.42 Å². The molecule has 0 atom stereocenters. The van der Waals surface area contributed by atoms with Gasteiger partial charge in [-0.05, 0) is 35.4 Å². The standard InChI is InChI=1S/C13H13Cl2N5O/c1-2-7-20-18-13(17-19-20)16-12(21)6-4-9-3-5-10(14)8-11(9)15/h3-6,8H,2,7H2,1H3,(H,16,18,21). The molecule has 6 nitrogen and oxygen atoms in total. The lowest BCUT2D eigenvalue weighted by Crippen LogP contribution is -2.09. The number of carbonyl (C=O) groups excluding carboxylic acids is 1. The van der Waals surface area contributed by atoms with Gasteiger partial charge in [0.2, 0.25) is 0 Å². The summed E-state index contributed by atoms with van der Waals surface area (Å²) in [5.41, 5.74) is 0.693. The molecule has 1 N–H and O–H groups in total. The summed E-state index contributed by atoms with van der Waals surface area (Å²) in [7, 11) is 0. The van der Waals surface area contributed by atoms with E-state index in [1.807, 2.05) is 6.92 Å². The van der Waals surface area contributed by atoms with Gasteiger partial charge in [0.1, 0.15) is 0 Å². The van der Waals surface area contributed by atoms with E-state index < -0.39 is 0 Å². The third kappa shape index (κ3) is 4.54. The summed E-state index contributed by atoms with van der Waals surface area (Å²) in [5.74, 6) is -0.197. The highest BCUT2D eigenvalue weighted by Crippen LogP contribution is 2.21. The highest BCUT2D eigenvalue weighted by atomic mass is 35.5. The van der Waals surface area contributed by atoms with Gasteiger partial charge in [-0.3, -0.25) is 10.1 Å². The molecule has 1 aromatic carbocycles. The van der Waals surface area contributed by atoms with Gasteiger partial charge in [0.25, 0.3) is 11.9 Å². The number of aromatic nitrogens is 4. The number of aryl methyl sites for hydroxylation is 1. The van der Waals surface area contributed by atoms with Crippen LogP contribution in [0.15, 0.2) is 24.3 Å².